The molecule has 2 aromatic rings. The lowest BCUT2D eigenvalue weighted by atomic mass is 10.1. The molecular formula is C20H26N2O4. The van der Waals surface area contributed by atoms with E-state index in [9.17, 15) is 9.90 Å². The summed E-state index contributed by atoms with van der Waals surface area (Å²) in [6.45, 7) is 3.92. The van der Waals surface area contributed by atoms with Gasteiger partial charge in [0.1, 0.15) is 0 Å². The molecular weight excluding hydrogens is 332 g/mol. The fourth-order valence-electron chi connectivity index (χ4n) is 2.51. The van der Waals surface area contributed by atoms with Crippen LogP contribution >= 0.6 is 0 Å². The first kappa shape index (κ1) is 19.8. The van der Waals surface area contributed by atoms with Crippen LogP contribution in [0.15, 0.2) is 48.5 Å². The van der Waals surface area contributed by atoms with Gasteiger partial charge in [0.15, 0.2) is 0 Å². The van der Waals surface area contributed by atoms with Crippen LogP contribution in [0.4, 0.5) is 11.4 Å². The first-order chi connectivity index (χ1) is 12.5. The number of rotatable bonds is 9. The average Bonchev–Trinajstić information content (AvgIpc) is 2.67. The van der Waals surface area contributed by atoms with Crippen LogP contribution in [0.2, 0.25) is 0 Å². The number of benzene rings is 2. The zero-order valence-electron chi connectivity index (χ0n) is 15.1. The number of hydrogen-bond donors (Lipinski definition) is 4. The number of esters is 1. The van der Waals surface area contributed by atoms with Gasteiger partial charge in [0.05, 0.1) is 36.3 Å². The number of carbonyl (C=O) groups is 1. The third-order valence-corrected chi connectivity index (χ3v) is 3.94. The zero-order valence-corrected chi connectivity index (χ0v) is 15.1. The van der Waals surface area contributed by atoms with Crippen molar-refractivity contribution in [2.24, 2.45) is 0 Å². The SMILES string of the molecule is CCOC(=O)c1ccc(NC(C)c2ccccc2)c(NCC(O)CO)c1. The number of hydrogen-bond acceptors (Lipinski definition) is 6. The van der Waals surface area contributed by atoms with E-state index < -0.39 is 12.1 Å². The van der Waals surface area contributed by atoms with Crippen molar-refractivity contribution in [1.82, 2.24) is 0 Å². The van der Waals surface area contributed by atoms with Crippen LogP contribution in [0.1, 0.15) is 35.8 Å². The third kappa shape index (κ3) is 5.47. The fraction of sp³-hybridized carbons (Fsp3) is 0.350. The number of carbonyl (C=O) groups excluding carboxylic acids is 1. The molecule has 6 nitrogen and oxygen atoms in total. The van der Waals surface area contributed by atoms with Gasteiger partial charge >= 0.3 is 5.97 Å². The Hall–Kier alpha value is -2.57. The number of nitrogens with one attached hydrogen (secondary N) is 2. The van der Waals surface area contributed by atoms with Gasteiger partial charge in [0, 0.05) is 12.6 Å². The predicted molar refractivity (Wildman–Crippen MR) is 102 cm³/mol. The highest BCUT2D eigenvalue weighted by Crippen LogP contribution is 2.28. The molecule has 2 unspecified atom stereocenters. The summed E-state index contributed by atoms with van der Waals surface area (Å²) in [7, 11) is 0. The Bertz CT molecular complexity index is 706. The topological polar surface area (TPSA) is 90.8 Å². The van der Waals surface area contributed by atoms with Gasteiger partial charge in [-0.2, -0.15) is 0 Å². The lowest BCUT2D eigenvalue weighted by Crippen LogP contribution is -2.23. The van der Waals surface area contributed by atoms with E-state index in [0.29, 0.717) is 17.9 Å². The van der Waals surface area contributed by atoms with Crippen molar-refractivity contribution in [1.29, 1.82) is 0 Å². The molecule has 0 saturated heterocycles. The van der Waals surface area contributed by atoms with Gasteiger partial charge < -0.3 is 25.6 Å². The standard InChI is InChI=1S/C20H26N2O4/c1-3-26-20(25)16-9-10-18(19(11-16)21-12-17(24)13-23)22-14(2)15-7-5-4-6-8-15/h4-11,14,17,21-24H,3,12-13H2,1-2H3. The molecule has 0 bridgehead atoms. The van der Waals surface area contributed by atoms with Crippen molar-refractivity contribution in [3.05, 3.63) is 59.7 Å². The molecule has 2 atom stereocenters. The normalized spacial score (nSPS) is 12.9. The van der Waals surface area contributed by atoms with Crippen molar-refractivity contribution >= 4 is 17.3 Å². The molecule has 0 radical (unpaired) electrons. The summed E-state index contributed by atoms with van der Waals surface area (Å²) in [6.07, 6.45) is -0.888. The molecule has 2 rings (SSSR count). The van der Waals surface area contributed by atoms with E-state index in [0.717, 1.165) is 11.3 Å². The maximum absolute atomic E-state index is 12.0. The first-order valence-electron chi connectivity index (χ1n) is 8.70. The van der Waals surface area contributed by atoms with Crippen LogP contribution in [0, 0.1) is 0 Å². The van der Waals surface area contributed by atoms with Crippen LogP contribution in [0.25, 0.3) is 0 Å². The van der Waals surface area contributed by atoms with E-state index in [-0.39, 0.29) is 19.2 Å². The smallest absolute Gasteiger partial charge is 0.338 e. The summed E-state index contributed by atoms with van der Waals surface area (Å²) in [5.41, 5.74) is 3.00. The van der Waals surface area contributed by atoms with Gasteiger partial charge in [-0.3, -0.25) is 0 Å². The Kier molecular flexibility index (Phi) is 7.44. The fourth-order valence-corrected chi connectivity index (χ4v) is 2.51. The number of aliphatic hydroxyl groups excluding tert-OH is 2. The molecule has 0 aliphatic rings. The monoisotopic (exact) mass is 358 g/mol. The van der Waals surface area contributed by atoms with Gasteiger partial charge in [-0.1, -0.05) is 30.3 Å². The Morgan fingerprint density at radius 1 is 1.15 bits per heavy atom. The van der Waals surface area contributed by atoms with Crippen LogP contribution < -0.4 is 10.6 Å². The molecule has 0 heterocycles. The Labute approximate surface area is 153 Å². The van der Waals surface area contributed by atoms with Gasteiger partial charge in [0.2, 0.25) is 0 Å². The van der Waals surface area contributed by atoms with Gasteiger partial charge in [-0.15, -0.1) is 0 Å². The quantitative estimate of drug-likeness (QED) is 0.515. The lowest BCUT2D eigenvalue weighted by molar-refractivity contribution is 0.0526. The van der Waals surface area contributed by atoms with Gasteiger partial charge in [0.25, 0.3) is 0 Å². The summed E-state index contributed by atoms with van der Waals surface area (Å²) < 4.78 is 5.04. The van der Waals surface area contributed by atoms with Gasteiger partial charge in [-0.05, 0) is 37.6 Å². The van der Waals surface area contributed by atoms with Crippen molar-refractivity contribution < 1.29 is 19.7 Å². The summed E-state index contributed by atoms with van der Waals surface area (Å²) in [4.78, 5) is 12.0. The molecule has 0 aliphatic carbocycles. The molecule has 4 N–H and O–H groups in total. The molecule has 26 heavy (non-hydrogen) atoms. The highest BCUT2D eigenvalue weighted by Gasteiger charge is 2.14. The number of aliphatic hydroxyl groups is 2. The Morgan fingerprint density at radius 3 is 2.54 bits per heavy atom. The second kappa shape index (κ2) is 9.79. The van der Waals surface area contributed by atoms with Gasteiger partial charge in [-0.25, -0.2) is 4.79 Å². The molecule has 0 spiro atoms. The van der Waals surface area contributed by atoms with Crippen molar-refractivity contribution in [3.8, 4) is 0 Å². The minimum Gasteiger partial charge on any atom is -0.462 e. The van der Waals surface area contributed by atoms with Crippen LogP contribution in [0.5, 0.6) is 0 Å². The van der Waals surface area contributed by atoms with Crippen LogP contribution in [0.3, 0.4) is 0 Å². The highest BCUT2D eigenvalue weighted by molar-refractivity contribution is 5.92. The number of anilines is 2. The largest absolute Gasteiger partial charge is 0.462 e. The lowest BCUT2D eigenvalue weighted by Gasteiger charge is -2.20. The van der Waals surface area contributed by atoms with E-state index in [1.165, 1.54) is 0 Å². The van der Waals surface area contributed by atoms with E-state index in [1.54, 1.807) is 25.1 Å². The minimum absolute atomic E-state index is 0.0490. The third-order valence-electron chi connectivity index (χ3n) is 3.94. The Balaban J connectivity index is 2.23. The average molecular weight is 358 g/mol. The van der Waals surface area contributed by atoms with Crippen molar-refractivity contribution in [3.63, 3.8) is 0 Å². The number of ether oxygens (including phenoxy) is 1. The zero-order chi connectivity index (χ0) is 18.9. The molecule has 2 aromatic carbocycles. The highest BCUT2D eigenvalue weighted by atomic mass is 16.5. The summed E-state index contributed by atoms with van der Waals surface area (Å²) in [5, 5.41) is 25.1. The van der Waals surface area contributed by atoms with E-state index in [4.69, 9.17) is 9.84 Å². The van der Waals surface area contributed by atoms with Crippen LogP contribution in [-0.2, 0) is 4.74 Å². The minimum atomic E-state index is -0.888. The predicted octanol–water partition coefficient (Wildman–Crippen LogP) is 2.80. The summed E-state index contributed by atoms with van der Waals surface area (Å²) in [5.74, 6) is -0.402. The second-order valence-corrected chi connectivity index (χ2v) is 5.97. The maximum atomic E-state index is 12.0. The molecule has 6 heteroatoms. The molecule has 0 aliphatic heterocycles. The van der Waals surface area contributed by atoms with E-state index >= 15 is 0 Å². The second-order valence-electron chi connectivity index (χ2n) is 5.97. The molecule has 0 amide bonds. The molecule has 0 fully saturated rings. The molecule has 140 valence electrons. The van der Waals surface area contributed by atoms with E-state index in [1.807, 2.05) is 37.3 Å². The summed E-state index contributed by atoms with van der Waals surface area (Å²) >= 11 is 0. The van der Waals surface area contributed by atoms with Crippen molar-refractivity contribution in [2.75, 3.05) is 30.4 Å². The van der Waals surface area contributed by atoms with E-state index in [2.05, 4.69) is 10.6 Å². The van der Waals surface area contributed by atoms with Crippen molar-refractivity contribution in [2.45, 2.75) is 26.0 Å². The summed E-state index contributed by atoms with van der Waals surface area (Å²) in [6, 6.07) is 15.2. The molecule has 0 aromatic heterocycles. The maximum Gasteiger partial charge on any atom is 0.338 e. The van der Waals surface area contributed by atoms with Crippen LogP contribution in [-0.4, -0.2) is 42.0 Å². The first-order valence-corrected chi connectivity index (χ1v) is 8.70. The molecule has 0 saturated carbocycles. The Morgan fingerprint density at radius 2 is 1.88 bits per heavy atom.